The SMILES string of the molecule is COc1ccc(/C=c2\sc3n(c2=O)C(N)=C(C#N)C(c2ccc(OC)cc2)C=3C(=O)Nc2ccccc2F)cc1. The highest BCUT2D eigenvalue weighted by molar-refractivity contribution is 7.07. The zero-order valence-electron chi connectivity index (χ0n) is 21.5. The smallest absolute Gasteiger partial charge is 0.274 e. The molecule has 0 fully saturated rings. The van der Waals surface area contributed by atoms with Gasteiger partial charge < -0.3 is 20.5 Å². The van der Waals surface area contributed by atoms with E-state index >= 15 is 0 Å². The molecule has 8 nitrogen and oxygen atoms in total. The Labute approximate surface area is 232 Å². The van der Waals surface area contributed by atoms with Crippen LogP contribution in [0.1, 0.15) is 17.0 Å². The van der Waals surface area contributed by atoms with E-state index in [1.165, 1.54) is 29.9 Å². The molecule has 40 heavy (non-hydrogen) atoms. The summed E-state index contributed by atoms with van der Waals surface area (Å²) in [4.78, 5) is 27.5. The second-order valence-corrected chi connectivity index (χ2v) is 9.82. The summed E-state index contributed by atoms with van der Waals surface area (Å²) >= 11 is 1.06. The lowest BCUT2D eigenvalue weighted by Gasteiger charge is -2.25. The Morgan fingerprint density at radius 2 is 1.68 bits per heavy atom. The van der Waals surface area contributed by atoms with Gasteiger partial charge in [-0.25, -0.2) is 4.39 Å². The number of halogens is 1. The number of nitrogens with zero attached hydrogens (tertiary/aromatic N) is 2. The molecule has 3 N–H and O–H groups in total. The van der Waals surface area contributed by atoms with Gasteiger partial charge in [-0.15, -0.1) is 11.3 Å². The molecule has 0 radical (unpaired) electrons. The van der Waals surface area contributed by atoms with Crippen LogP contribution in [0.25, 0.3) is 17.5 Å². The number of ether oxygens (including phenoxy) is 2. The number of hydrogen-bond acceptors (Lipinski definition) is 7. The van der Waals surface area contributed by atoms with E-state index in [4.69, 9.17) is 15.2 Å². The summed E-state index contributed by atoms with van der Waals surface area (Å²) in [5.41, 5.74) is 7.33. The van der Waals surface area contributed by atoms with Gasteiger partial charge in [-0.05, 0) is 53.6 Å². The van der Waals surface area contributed by atoms with Crippen molar-refractivity contribution in [2.75, 3.05) is 19.5 Å². The molecule has 1 unspecified atom stereocenters. The summed E-state index contributed by atoms with van der Waals surface area (Å²) < 4.78 is 26.7. The number of fused-ring (bicyclic) bond motifs is 1. The molecule has 0 saturated carbocycles. The molecule has 1 atom stereocenters. The number of aromatic nitrogens is 1. The zero-order chi connectivity index (χ0) is 28.4. The van der Waals surface area contributed by atoms with Crippen LogP contribution in [0.15, 0.2) is 83.2 Å². The van der Waals surface area contributed by atoms with Gasteiger partial charge in [-0.1, -0.05) is 36.4 Å². The minimum atomic E-state index is -0.922. The lowest BCUT2D eigenvalue weighted by Crippen LogP contribution is -2.40. The van der Waals surface area contributed by atoms with Gasteiger partial charge in [-0.2, -0.15) is 5.26 Å². The lowest BCUT2D eigenvalue weighted by molar-refractivity contribution is -0.111. The number of para-hydroxylation sites is 1. The van der Waals surface area contributed by atoms with Crippen molar-refractivity contribution in [2.45, 2.75) is 5.92 Å². The first-order valence-electron chi connectivity index (χ1n) is 12.1. The van der Waals surface area contributed by atoms with Gasteiger partial charge in [0.1, 0.15) is 27.8 Å². The highest BCUT2D eigenvalue weighted by Gasteiger charge is 2.35. The molecule has 2 heterocycles. The first-order chi connectivity index (χ1) is 19.4. The summed E-state index contributed by atoms with van der Waals surface area (Å²) in [5.74, 6) is -1.05. The van der Waals surface area contributed by atoms with Gasteiger partial charge in [0, 0.05) is 0 Å². The first kappa shape index (κ1) is 26.5. The van der Waals surface area contributed by atoms with Crippen molar-refractivity contribution in [2.24, 2.45) is 5.73 Å². The van der Waals surface area contributed by atoms with Crippen LogP contribution in [-0.2, 0) is 4.79 Å². The quantitative estimate of drug-likeness (QED) is 0.378. The Morgan fingerprint density at radius 1 is 1.05 bits per heavy atom. The fourth-order valence-electron chi connectivity index (χ4n) is 4.50. The number of hydrogen-bond donors (Lipinski definition) is 2. The fraction of sp³-hybridized carbons (Fsp3) is 0.100. The Balaban J connectivity index is 1.78. The van der Waals surface area contributed by atoms with E-state index in [2.05, 4.69) is 11.4 Å². The maximum absolute atomic E-state index is 14.5. The average Bonchev–Trinajstić information content (AvgIpc) is 3.29. The second kappa shape index (κ2) is 10.9. The molecule has 1 aliphatic heterocycles. The zero-order valence-corrected chi connectivity index (χ0v) is 22.3. The third-order valence-corrected chi connectivity index (χ3v) is 7.61. The summed E-state index contributed by atoms with van der Waals surface area (Å²) in [5, 5.41) is 12.8. The van der Waals surface area contributed by atoms with Gasteiger partial charge in [-0.3, -0.25) is 14.2 Å². The maximum atomic E-state index is 14.5. The predicted molar refractivity (Wildman–Crippen MR) is 152 cm³/mol. The molecular formula is C30H23FN4O4S. The molecule has 1 amide bonds. The van der Waals surface area contributed by atoms with Crippen molar-refractivity contribution in [1.82, 2.24) is 4.57 Å². The molecule has 1 aliphatic rings. The number of rotatable bonds is 6. The predicted octanol–water partition coefficient (Wildman–Crippen LogP) is 3.13. The van der Waals surface area contributed by atoms with Gasteiger partial charge in [0.15, 0.2) is 0 Å². The number of nitriles is 1. The van der Waals surface area contributed by atoms with Crippen molar-refractivity contribution in [3.05, 3.63) is 115 Å². The van der Waals surface area contributed by atoms with Crippen molar-refractivity contribution in [1.29, 1.82) is 5.26 Å². The van der Waals surface area contributed by atoms with Gasteiger partial charge in [0.05, 0.1) is 47.6 Å². The minimum Gasteiger partial charge on any atom is -0.497 e. The topological polar surface area (TPSA) is 119 Å². The highest BCUT2D eigenvalue weighted by atomic mass is 32.1. The third-order valence-electron chi connectivity index (χ3n) is 6.50. The minimum absolute atomic E-state index is 0.0206. The molecule has 5 rings (SSSR count). The molecule has 1 aromatic heterocycles. The van der Waals surface area contributed by atoms with Crippen molar-refractivity contribution in [3.63, 3.8) is 0 Å². The first-order valence-corrected chi connectivity index (χ1v) is 12.9. The molecule has 4 aromatic rings. The fourth-order valence-corrected chi connectivity index (χ4v) is 5.68. The number of carbonyl (C=O) groups is 1. The standard InChI is InChI=1S/C30H23FN4O4S/c1-38-19-11-7-17(8-12-19)15-24-29(37)35-27(33)21(16-32)25(18-9-13-20(39-2)14-10-18)26(30(35)40-24)28(36)34-23-6-4-3-5-22(23)31/h3-15,25H,33H2,1-2H3,(H,34,36)/b24-15-. The largest absolute Gasteiger partial charge is 0.497 e. The summed E-state index contributed by atoms with van der Waals surface area (Å²) in [6.45, 7) is 0. The summed E-state index contributed by atoms with van der Waals surface area (Å²) in [7, 11) is 3.09. The normalized spacial score (nSPS) is 14.9. The molecule has 200 valence electrons. The summed E-state index contributed by atoms with van der Waals surface area (Å²) in [6, 6.07) is 21.8. The number of methoxy groups -OCH3 is 2. The van der Waals surface area contributed by atoms with E-state index in [1.54, 1.807) is 67.8 Å². The van der Waals surface area contributed by atoms with Crippen molar-refractivity contribution < 1.29 is 18.7 Å². The van der Waals surface area contributed by atoms with Crippen molar-refractivity contribution >= 4 is 40.4 Å². The van der Waals surface area contributed by atoms with Crippen LogP contribution >= 0.6 is 11.3 Å². The van der Waals surface area contributed by atoms with E-state index in [-0.39, 0.29) is 27.3 Å². The number of benzene rings is 3. The Bertz CT molecular complexity index is 1870. The number of anilines is 1. The highest BCUT2D eigenvalue weighted by Crippen LogP contribution is 2.37. The molecule has 0 bridgehead atoms. The van der Waals surface area contributed by atoms with E-state index < -0.39 is 23.2 Å². The third kappa shape index (κ3) is 4.74. The van der Waals surface area contributed by atoms with E-state index in [0.29, 0.717) is 21.6 Å². The molecule has 0 saturated heterocycles. The van der Waals surface area contributed by atoms with Crippen LogP contribution in [0.4, 0.5) is 10.1 Å². The van der Waals surface area contributed by atoms with Crippen LogP contribution in [0.5, 0.6) is 11.5 Å². The lowest BCUT2D eigenvalue weighted by atomic mass is 9.83. The second-order valence-electron chi connectivity index (χ2n) is 8.79. The number of allylic oxidation sites excluding steroid dienone is 1. The monoisotopic (exact) mass is 554 g/mol. The summed E-state index contributed by atoms with van der Waals surface area (Å²) in [6.07, 6.45) is 1.67. The Kier molecular flexibility index (Phi) is 7.23. The number of carbonyl (C=O) groups excluding carboxylic acids is 1. The van der Waals surface area contributed by atoms with Crippen molar-refractivity contribution in [3.8, 4) is 17.6 Å². The van der Waals surface area contributed by atoms with Crippen LogP contribution in [0.2, 0.25) is 0 Å². The molecular weight excluding hydrogens is 531 g/mol. The van der Waals surface area contributed by atoms with Gasteiger partial charge >= 0.3 is 0 Å². The van der Waals surface area contributed by atoms with Crippen LogP contribution < -0.4 is 35.3 Å². The number of nitrogens with two attached hydrogens (primary N) is 1. The number of thiazole rings is 1. The number of amides is 1. The number of nitrogens with one attached hydrogen (secondary N) is 1. The average molecular weight is 555 g/mol. The maximum Gasteiger partial charge on any atom is 0.274 e. The van der Waals surface area contributed by atoms with E-state index in [1.807, 2.05) is 0 Å². The Morgan fingerprint density at radius 3 is 2.27 bits per heavy atom. The molecule has 0 aliphatic carbocycles. The Hall–Kier alpha value is -5.14. The van der Waals surface area contributed by atoms with Crippen LogP contribution in [-0.4, -0.2) is 24.7 Å². The van der Waals surface area contributed by atoms with Gasteiger partial charge in [0.2, 0.25) is 0 Å². The molecule has 3 aromatic carbocycles. The van der Waals surface area contributed by atoms with Crippen LogP contribution in [0, 0.1) is 17.1 Å². The van der Waals surface area contributed by atoms with Gasteiger partial charge in [0.25, 0.3) is 11.5 Å². The molecule has 10 heteroatoms. The van der Waals surface area contributed by atoms with E-state index in [9.17, 15) is 19.2 Å². The van der Waals surface area contributed by atoms with E-state index in [0.717, 1.165) is 16.9 Å². The van der Waals surface area contributed by atoms with Crippen LogP contribution in [0.3, 0.4) is 0 Å². The molecule has 0 spiro atoms.